The summed E-state index contributed by atoms with van der Waals surface area (Å²) in [5.41, 5.74) is 1.50. The van der Waals surface area contributed by atoms with Gasteiger partial charge >= 0.3 is 6.03 Å². The molecule has 1 fully saturated rings. The van der Waals surface area contributed by atoms with Crippen molar-refractivity contribution in [1.29, 1.82) is 0 Å². The van der Waals surface area contributed by atoms with Gasteiger partial charge in [-0.3, -0.25) is 0 Å². The van der Waals surface area contributed by atoms with E-state index in [0.29, 0.717) is 26.2 Å². The molecular formula is C16H22N4O2. The maximum Gasteiger partial charge on any atom is 0.317 e. The summed E-state index contributed by atoms with van der Waals surface area (Å²) >= 11 is 0. The third kappa shape index (κ3) is 3.06. The molecule has 0 saturated carbocycles. The van der Waals surface area contributed by atoms with Gasteiger partial charge in [-0.2, -0.15) is 0 Å². The van der Waals surface area contributed by atoms with Crippen LogP contribution in [0.2, 0.25) is 0 Å². The summed E-state index contributed by atoms with van der Waals surface area (Å²) < 4.78 is 7.71. The molecule has 0 aromatic carbocycles. The quantitative estimate of drug-likeness (QED) is 0.944. The van der Waals surface area contributed by atoms with Gasteiger partial charge in [-0.05, 0) is 25.5 Å². The lowest BCUT2D eigenvalue weighted by Crippen LogP contribution is -2.54. The topological polar surface area (TPSA) is 58.9 Å². The number of hydrogen-bond acceptors (Lipinski definition) is 3. The van der Waals surface area contributed by atoms with Crippen LogP contribution in [-0.2, 0) is 11.3 Å². The van der Waals surface area contributed by atoms with Gasteiger partial charge in [-0.15, -0.1) is 0 Å². The van der Waals surface area contributed by atoms with E-state index in [4.69, 9.17) is 4.74 Å². The number of amides is 2. The number of aromatic nitrogens is 2. The summed E-state index contributed by atoms with van der Waals surface area (Å²) in [5.74, 6) is 0. The first kappa shape index (κ1) is 14.8. The summed E-state index contributed by atoms with van der Waals surface area (Å²) in [6.45, 7) is 6.41. The van der Waals surface area contributed by atoms with Gasteiger partial charge in [-0.1, -0.05) is 13.0 Å². The van der Waals surface area contributed by atoms with Crippen LogP contribution in [0.4, 0.5) is 4.79 Å². The first-order chi connectivity index (χ1) is 10.6. The van der Waals surface area contributed by atoms with Crippen LogP contribution in [0, 0.1) is 0 Å². The number of fused-ring (bicyclic) bond motifs is 1. The standard InChI is InChI=1S/C16H22N4O2/c1-3-16(2)12-20(8-9-22-16)15(21)17-10-13-11-19-7-5-4-6-14(19)18-13/h4-7,11H,3,8-10,12H2,1-2H3,(H,17,21)/t16-/m1/s1. The number of morpholine rings is 1. The van der Waals surface area contributed by atoms with Crippen LogP contribution in [0.5, 0.6) is 0 Å². The van der Waals surface area contributed by atoms with E-state index in [1.807, 2.05) is 39.9 Å². The summed E-state index contributed by atoms with van der Waals surface area (Å²) in [6, 6.07) is 5.79. The van der Waals surface area contributed by atoms with Gasteiger partial charge in [0, 0.05) is 18.9 Å². The summed E-state index contributed by atoms with van der Waals surface area (Å²) in [6.07, 6.45) is 4.77. The number of rotatable bonds is 3. The highest BCUT2D eigenvalue weighted by molar-refractivity contribution is 5.74. The Labute approximate surface area is 130 Å². The maximum atomic E-state index is 12.3. The molecule has 1 saturated heterocycles. The van der Waals surface area contributed by atoms with Crippen LogP contribution in [0.3, 0.4) is 0 Å². The van der Waals surface area contributed by atoms with E-state index in [9.17, 15) is 4.79 Å². The molecule has 0 spiro atoms. The van der Waals surface area contributed by atoms with E-state index in [1.165, 1.54) is 0 Å². The lowest BCUT2D eigenvalue weighted by Gasteiger charge is -2.39. The molecule has 3 rings (SSSR count). The molecule has 1 N–H and O–H groups in total. The number of nitrogens with zero attached hydrogens (tertiary/aromatic N) is 3. The van der Waals surface area contributed by atoms with Crippen LogP contribution in [0.1, 0.15) is 26.0 Å². The minimum absolute atomic E-state index is 0.0555. The number of urea groups is 1. The maximum absolute atomic E-state index is 12.3. The average molecular weight is 302 g/mol. The van der Waals surface area contributed by atoms with Gasteiger partial charge in [-0.25, -0.2) is 9.78 Å². The predicted octanol–water partition coefficient (Wildman–Crippen LogP) is 2.04. The van der Waals surface area contributed by atoms with Crippen LogP contribution in [0.15, 0.2) is 30.6 Å². The largest absolute Gasteiger partial charge is 0.372 e. The number of imidazole rings is 1. The molecule has 0 radical (unpaired) electrons. The Morgan fingerprint density at radius 2 is 2.36 bits per heavy atom. The highest BCUT2D eigenvalue weighted by Crippen LogP contribution is 2.20. The summed E-state index contributed by atoms with van der Waals surface area (Å²) in [5, 5.41) is 2.95. The van der Waals surface area contributed by atoms with E-state index < -0.39 is 0 Å². The van der Waals surface area contributed by atoms with Gasteiger partial charge in [0.25, 0.3) is 0 Å². The smallest absolute Gasteiger partial charge is 0.317 e. The molecule has 2 amide bonds. The van der Waals surface area contributed by atoms with Gasteiger partial charge in [0.15, 0.2) is 0 Å². The summed E-state index contributed by atoms with van der Waals surface area (Å²) in [4.78, 5) is 18.6. The molecule has 2 aromatic rings. The number of carbonyl (C=O) groups excluding carboxylic acids is 1. The van der Waals surface area contributed by atoms with Crippen LogP contribution < -0.4 is 5.32 Å². The minimum atomic E-state index is -0.237. The fourth-order valence-electron chi connectivity index (χ4n) is 2.67. The molecule has 1 aliphatic heterocycles. The van der Waals surface area contributed by atoms with E-state index >= 15 is 0 Å². The zero-order valence-electron chi connectivity index (χ0n) is 13.1. The highest BCUT2D eigenvalue weighted by atomic mass is 16.5. The van der Waals surface area contributed by atoms with Gasteiger partial charge < -0.3 is 19.4 Å². The first-order valence-corrected chi connectivity index (χ1v) is 7.69. The SMILES string of the molecule is CC[C@]1(C)CN(C(=O)NCc2cn3ccccc3n2)CCO1. The Morgan fingerprint density at radius 3 is 3.14 bits per heavy atom. The molecule has 0 unspecified atom stereocenters. The molecule has 22 heavy (non-hydrogen) atoms. The van der Waals surface area contributed by atoms with Crippen molar-refractivity contribution in [3.63, 3.8) is 0 Å². The van der Waals surface area contributed by atoms with Crippen LogP contribution >= 0.6 is 0 Å². The van der Waals surface area contributed by atoms with Gasteiger partial charge in [0.1, 0.15) is 5.65 Å². The predicted molar refractivity (Wildman–Crippen MR) is 83.6 cm³/mol. The molecular weight excluding hydrogens is 280 g/mol. The van der Waals surface area contributed by atoms with Crippen molar-refractivity contribution in [2.75, 3.05) is 19.7 Å². The second-order valence-corrected chi connectivity index (χ2v) is 5.93. The van der Waals surface area contributed by atoms with E-state index in [2.05, 4.69) is 24.1 Å². The summed E-state index contributed by atoms with van der Waals surface area (Å²) in [7, 11) is 0. The molecule has 6 heteroatoms. The fraction of sp³-hybridized carbons (Fsp3) is 0.500. The zero-order valence-corrected chi connectivity index (χ0v) is 13.1. The lowest BCUT2D eigenvalue weighted by molar-refractivity contribution is -0.0872. The van der Waals surface area contributed by atoms with Crippen molar-refractivity contribution in [3.05, 3.63) is 36.3 Å². The Balaban J connectivity index is 1.60. The second kappa shape index (κ2) is 5.96. The van der Waals surface area contributed by atoms with Crippen molar-refractivity contribution < 1.29 is 9.53 Å². The van der Waals surface area contributed by atoms with Crippen LogP contribution in [0.25, 0.3) is 5.65 Å². The number of nitrogens with one attached hydrogen (secondary N) is 1. The molecule has 1 atom stereocenters. The zero-order chi connectivity index (χ0) is 15.6. The monoisotopic (exact) mass is 302 g/mol. The van der Waals surface area contributed by atoms with Crippen molar-refractivity contribution in [2.45, 2.75) is 32.4 Å². The number of pyridine rings is 1. The Bertz CT molecular complexity index is 636. The van der Waals surface area contributed by atoms with Gasteiger partial charge in [0.2, 0.25) is 0 Å². The fourth-order valence-corrected chi connectivity index (χ4v) is 2.67. The van der Waals surface area contributed by atoms with Crippen LogP contribution in [-0.4, -0.2) is 45.6 Å². The Hall–Kier alpha value is -2.08. The molecule has 0 aliphatic carbocycles. The molecule has 1 aliphatic rings. The Kier molecular flexibility index (Phi) is 4.02. The number of ether oxygens (including phenoxy) is 1. The third-order valence-corrected chi connectivity index (χ3v) is 4.21. The van der Waals surface area contributed by atoms with Crippen molar-refractivity contribution in [3.8, 4) is 0 Å². The number of hydrogen-bond donors (Lipinski definition) is 1. The minimum Gasteiger partial charge on any atom is -0.372 e. The van der Waals surface area contributed by atoms with Crippen molar-refractivity contribution in [2.24, 2.45) is 0 Å². The first-order valence-electron chi connectivity index (χ1n) is 7.69. The molecule has 6 nitrogen and oxygen atoms in total. The molecule has 0 bridgehead atoms. The van der Waals surface area contributed by atoms with Crippen molar-refractivity contribution >= 4 is 11.7 Å². The van der Waals surface area contributed by atoms with E-state index in [0.717, 1.165) is 17.8 Å². The van der Waals surface area contributed by atoms with E-state index in [1.54, 1.807) is 0 Å². The lowest BCUT2D eigenvalue weighted by atomic mass is 10.0. The third-order valence-electron chi connectivity index (χ3n) is 4.21. The normalized spacial score (nSPS) is 22.0. The van der Waals surface area contributed by atoms with E-state index in [-0.39, 0.29) is 11.6 Å². The molecule has 118 valence electrons. The molecule has 2 aromatic heterocycles. The van der Waals surface area contributed by atoms with Gasteiger partial charge in [0.05, 0.1) is 31.0 Å². The van der Waals surface area contributed by atoms with Crippen molar-refractivity contribution in [1.82, 2.24) is 19.6 Å². The highest BCUT2D eigenvalue weighted by Gasteiger charge is 2.32. The Morgan fingerprint density at radius 1 is 1.50 bits per heavy atom. The molecule has 3 heterocycles. The number of carbonyl (C=O) groups is 1. The second-order valence-electron chi connectivity index (χ2n) is 5.93. The average Bonchev–Trinajstić information content (AvgIpc) is 2.95.